The van der Waals surface area contributed by atoms with Gasteiger partial charge in [0.05, 0.1) is 0 Å². The van der Waals surface area contributed by atoms with Crippen molar-refractivity contribution in [3.63, 3.8) is 0 Å². The van der Waals surface area contributed by atoms with E-state index in [0.717, 1.165) is 28.9 Å². The summed E-state index contributed by atoms with van der Waals surface area (Å²) in [5.74, 6) is 3.62. The Morgan fingerprint density at radius 2 is 1.84 bits per heavy atom. The van der Waals surface area contributed by atoms with Crippen molar-refractivity contribution in [1.29, 1.82) is 0 Å². The molecule has 4 nitrogen and oxygen atoms in total. The highest BCUT2D eigenvalue weighted by atomic mass is 15.1. The molecule has 2 unspecified atom stereocenters. The maximum Gasteiger partial charge on any atom is 0.138 e. The lowest BCUT2D eigenvalue weighted by molar-refractivity contribution is 0.546. The lowest BCUT2D eigenvalue weighted by atomic mass is 9.95. The SMILES string of the molecule is CCC1CC1Nc1nc(C(C)(C)C)nc(NC)c1C. The molecule has 0 bridgehead atoms. The number of anilines is 2. The highest BCUT2D eigenvalue weighted by Gasteiger charge is 2.36. The largest absolute Gasteiger partial charge is 0.373 e. The van der Waals surface area contributed by atoms with Gasteiger partial charge in [0, 0.05) is 24.1 Å². The van der Waals surface area contributed by atoms with Crippen molar-refractivity contribution in [3.8, 4) is 0 Å². The molecule has 1 aliphatic rings. The van der Waals surface area contributed by atoms with Gasteiger partial charge in [-0.1, -0.05) is 34.1 Å². The van der Waals surface area contributed by atoms with Gasteiger partial charge in [-0.3, -0.25) is 0 Å². The average molecular weight is 262 g/mol. The number of nitrogens with zero attached hydrogens (tertiary/aromatic N) is 2. The predicted molar refractivity (Wildman–Crippen MR) is 80.8 cm³/mol. The normalized spacial score (nSPS) is 22.2. The monoisotopic (exact) mass is 262 g/mol. The minimum Gasteiger partial charge on any atom is -0.373 e. The van der Waals surface area contributed by atoms with Crippen molar-refractivity contribution < 1.29 is 0 Å². The second-order valence-corrected chi connectivity index (χ2v) is 6.52. The first kappa shape index (κ1) is 14.1. The smallest absolute Gasteiger partial charge is 0.138 e. The van der Waals surface area contributed by atoms with Crippen LogP contribution < -0.4 is 10.6 Å². The Bertz CT molecular complexity index is 462. The van der Waals surface area contributed by atoms with Gasteiger partial charge in [-0.2, -0.15) is 0 Å². The standard InChI is InChI=1S/C15H26N4/c1-7-10-8-11(10)17-13-9(2)12(16-6)18-14(19-13)15(3,4)5/h10-11H,7-8H2,1-6H3,(H2,16,17,18,19). The molecule has 1 heterocycles. The molecule has 106 valence electrons. The lowest BCUT2D eigenvalue weighted by Gasteiger charge is -2.21. The average Bonchev–Trinajstić information content (AvgIpc) is 3.08. The van der Waals surface area contributed by atoms with Crippen molar-refractivity contribution in [2.75, 3.05) is 17.7 Å². The fraction of sp³-hybridized carbons (Fsp3) is 0.733. The molecule has 0 spiro atoms. The number of rotatable bonds is 4. The maximum atomic E-state index is 4.74. The molecule has 1 aliphatic carbocycles. The topological polar surface area (TPSA) is 49.8 Å². The van der Waals surface area contributed by atoms with Crippen molar-refractivity contribution >= 4 is 11.6 Å². The van der Waals surface area contributed by atoms with E-state index in [1.807, 2.05) is 7.05 Å². The van der Waals surface area contributed by atoms with E-state index in [2.05, 4.69) is 50.2 Å². The summed E-state index contributed by atoms with van der Waals surface area (Å²) in [6, 6.07) is 0.594. The molecule has 1 saturated carbocycles. The Hall–Kier alpha value is -1.32. The number of nitrogens with one attached hydrogen (secondary N) is 2. The van der Waals surface area contributed by atoms with E-state index in [0.29, 0.717) is 6.04 Å². The molecule has 0 radical (unpaired) electrons. The Kier molecular flexibility index (Phi) is 3.70. The Morgan fingerprint density at radius 1 is 1.21 bits per heavy atom. The molecule has 0 saturated heterocycles. The predicted octanol–water partition coefficient (Wildman–Crippen LogP) is 3.33. The third-order valence-corrected chi connectivity index (χ3v) is 3.82. The molecule has 2 rings (SSSR count). The summed E-state index contributed by atoms with van der Waals surface area (Å²) in [7, 11) is 1.91. The van der Waals surface area contributed by atoms with Crippen LogP contribution in [0.2, 0.25) is 0 Å². The van der Waals surface area contributed by atoms with Gasteiger partial charge >= 0.3 is 0 Å². The van der Waals surface area contributed by atoms with Crippen LogP contribution in [0.4, 0.5) is 11.6 Å². The molecule has 19 heavy (non-hydrogen) atoms. The van der Waals surface area contributed by atoms with Crippen LogP contribution in [0.3, 0.4) is 0 Å². The Labute approximate surface area is 116 Å². The molecular weight excluding hydrogens is 236 g/mol. The second-order valence-electron chi connectivity index (χ2n) is 6.52. The minimum absolute atomic E-state index is 0.0383. The van der Waals surface area contributed by atoms with Gasteiger partial charge in [0.15, 0.2) is 0 Å². The summed E-state index contributed by atoms with van der Waals surface area (Å²) >= 11 is 0. The van der Waals surface area contributed by atoms with Crippen LogP contribution in [0, 0.1) is 12.8 Å². The minimum atomic E-state index is -0.0383. The summed E-state index contributed by atoms with van der Waals surface area (Å²) in [6.07, 6.45) is 2.51. The first-order chi connectivity index (χ1) is 8.86. The van der Waals surface area contributed by atoms with Gasteiger partial charge in [-0.05, 0) is 19.3 Å². The summed E-state index contributed by atoms with van der Waals surface area (Å²) < 4.78 is 0. The van der Waals surface area contributed by atoms with Gasteiger partial charge in [0.2, 0.25) is 0 Å². The van der Waals surface area contributed by atoms with E-state index in [9.17, 15) is 0 Å². The van der Waals surface area contributed by atoms with Gasteiger partial charge in [-0.25, -0.2) is 9.97 Å². The molecular formula is C15H26N4. The molecule has 2 N–H and O–H groups in total. The quantitative estimate of drug-likeness (QED) is 0.874. The van der Waals surface area contributed by atoms with Gasteiger partial charge in [-0.15, -0.1) is 0 Å². The zero-order valence-electron chi connectivity index (χ0n) is 13.0. The molecule has 1 aromatic rings. The highest BCUT2D eigenvalue weighted by molar-refractivity contribution is 5.58. The third kappa shape index (κ3) is 2.99. The molecule has 4 heteroatoms. The van der Waals surface area contributed by atoms with Crippen LogP contribution in [0.15, 0.2) is 0 Å². The fourth-order valence-corrected chi connectivity index (χ4v) is 2.29. The van der Waals surface area contributed by atoms with Crippen molar-refractivity contribution in [1.82, 2.24) is 9.97 Å². The van der Waals surface area contributed by atoms with E-state index < -0.39 is 0 Å². The van der Waals surface area contributed by atoms with E-state index in [1.54, 1.807) is 0 Å². The third-order valence-electron chi connectivity index (χ3n) is 3.82. The van der Waals surface area contributed by atoms with Crippen LogP contribution in [0.25, 0.3) is 0 Å². The maximum absolute atomic E-state index is 4.74. The van der Waals surface area contributed by atoms with Crippen molar-refractivity contribution in [2.45, 2.75) is 58.9 Å². The molecule has 1 aromatic heterocycles. The molecule has 0 aromatic carbocycles. The molecule has 2 atom stereocenters. The number of hydrogen-bond acceptors (Lipinski definition) is 4. The van der Waals surface area contributed by atoms with E-state index in [1.165, 1.54) is 12.8 Å². The van der Waals surface area contributed by atoms with Gasteiger partial charge in [0.25, 0.3) is 0 Å². The Morgan fingerprint density at radius 3 is 2.32 bits per heavy atom. The van der Waals surface area contributed by atoms with E-state index in [-0.39, 0.29) is 5.41 Å². The van der Waals surface area contributed by atoms with Crippen LogP contribution in [-0.4, -0.2) is 23.1 Å². The van der Waals surface area contributed by atoms with Crippen LogP contribution in [0.5, 0.6) is 0 Å². The highest BCUT2D eigenvalue weighted by Crippen LogP contribution is 2.37. The zero-order chi connectivity index (χ0) is 14.2. The molecule has 1 fully saturated rings. The zero-order valence-corrected chi connectivity index (χ0v) is 13.0. The van der Waals surface area contributed by atoms with Gasteiger partial charge in [0.1, 0.15) is 17.5 Å². The first-order valence-electron chi connectivity index (χ1n) is 7.20. The van der Waals surface area contributed by atoms with Crippen molar-refractivity contribution in [2.24, 2.45) is 5.92 Å². The number of aromatic nitrogens is 2. The fourth-order valence-electron chi connectivity index (χ4n) is 2.29. The number of hydrogen-bond donors (Lipinski definition) is 2. The van der Waals surface area contributed by atoms with E-state index in [4.69, 9.17) is 4.98 Å². The summed E-state index contributed by atoms with van der Waals surface area (Å²) in [5.41, 5.74) is 1.07. The Balaban J connectivity index is 2.30. The van der Waals surface area contributed by atoms with Crippen LogP contribution >= 0.6 is 0 Å². The summed E-state index contributed by atoms with van der Waals surface area (Å²) in [4.78, 5) is 9.37. The summed E-state index contributed by atoms with van der Waals surface area (Å²) in [5, 5.41) is 6.76. The molecule has 0 amide bonds. The van der Waals surface area contributed by atoms with Gasteiger partial charge < -0.3 is 10.6 Å². The molecule has 0 aliphatic heterocycles. The second kappa shape index (κ2) is 4.99. The lowest BCUT2D eigenvalue weighted by Crippen LogP contribution is -2.20. The summed E-state index contributed by atoms with van der Waals surface area (Å²) in [6.45, 7) is 10.8. The van der Waals surface area contributed by atoms with Crippen LogP contribution in [-0.2, 0) is 5.41 Å². The van der Waals surface area contributed by atoms with E-state index >= 15 is 0 Å². The van der Waals surface area contributed by atoms with Crippen molar-refractivity contribution in [3.05, 3.63) is 11.4 Å². The first-order valence-corrected chi connectivity index (χ1v) is 7.20. The van der Waals surface area contributed by atoms with Crippen LogP contribution in [0.1, 0.15) is 51.9 Å².